The van der Waals surface area contributed by atoms with Gasteiger partial charge in [-0.05, 0) is 33.1 Å². The first kappa shape index (κ1) is 31.4. The van der Waals surface area contributed by atoms with Crippen molar-refractivity contribution in [3.05, 3.63) is 90.5 Å². The van der Waals surface area contributed by atoms with E-state index in [-0.39, 0.29) is 18.3 Å². The Hall–Kier alpha value is -3.50. The van der Waals surface area contributed by atoms with Gasteiger partial charge < -0.3 is 28.1 Å². The largest absolute Gasteiger partial charge is 0.497 e. The fourth-order valence-electron chi connectivity index (χ4n) is 5.49. The molecule has 4 atom stereocenters. The van der Waals surface area contributed by atoms with Gasteiger partial charge in [-0.15, -0.1) is 0 Å². The molecule has 224 valence electrons. The third-order valence-electron chi connectivity index (χ3n) is 7.33. The highest BCUT2D eigenvalue weighted by atomic mass is 28.4. The topological polar surface area (TPSA) is 89.5 Å². The molecule has 3 aromatic rings. The van der Waals surface area contributed by atoms with E-state index in [0.717, 1.165) is 21.7 Å². The molecule has 1 aliphatic rings. The summed E-state index contributed by atoms with van der Waals surface area (Å²) in [5, 5.41) is 1.97. The summed E-state index contributed by atoms with van der Waals surface area (Å²) in [6, 6.07) is 28.0. The lowest BCUT2D eigenvalue weighted by molar-refractivity contribution is -0.196. The smallest absolute Gasteiger partial charge is 0.305 e. The summed E-state index contributed by atoms with van der Waals surface area (Å²) in [7, 11) is -1.31. The highest BCUT2D eigenvalue weighted by Crippen LogP contribution is 2.38. The lowest BCUT2D eigenvalue weighted by Crippen LogP contribution is -2.67. The fourth-order valence-corrected chi connectivity index (χ4v) is 10.1. The number of ether oxygens (including phenoxy) is 5. The Kier molecular flexibility index (Phi) is 10.2. The molecular formula is C33H40O8Si. The van der Waals surface area contributed by atoms with Gasteiger partial charge in [-0.1, -0.05) is 93.6 Å². The Morgan fingerprint density at radius 2 is 1.33 bits per heavy atom. The van der Waals surface area contributed by atoms with Crippen LogP contribution in [0.5, 0.6) is 5.75 Å². The molecule has 1 saturated heterocycles. The van der Waals surface area contributed by atoms with Crippen molar-refractivity contribution in [2.75, 3.05) is 13.7 Å². The molecule has 0 N–H and O–H groups in total. The maximum absolute atomic E-state index is 12.1. The molecule has 0 aliphatic carbocycles. The summed E-state index contributed by atoms with van der Waals surface area (Å²) in [5.74, 6) is -0.362. The molecule has 0 aromatic heterocycles. The van der Waals surface area contributed by atoms with Gasteiger partial charge >= 0.3 is 11.9 Å². The molecule has 0 saturated carbocycles. The molecule has 1 aliphatic heterocycles. The number of carbonyl (C=O) groups excluding carboxylic acids is 2. The van der Waals surface area contributed by atoms with Crippen molar-refractivity contribution < 1.29 is 37.7 Å². The second-order valence-electron chi connectivity index (χ2n) is 11.3. The van der Waals surface area contributed by atoms with Crippen molar-refractivity contribution in [3.63, 3.8) is 0 Å². The van der Waals surface area contributed by atoms with E-state index in [4.69, 9.17) is 28.1 Å². The van der Waals surface area contributed by atoms with E-state index in [1.54, 1.807) is 7.11 Å². The minimum absolute atomic E-state index is 0.121. The van der Waals surface area contributed by atoms with Crippen molar-refractivity contribution in [3.8, 4) is 5.75 Å². The van der Waals surface area contributed by atoms with Crippen LogP contribution < -0.4 is 15.1 Å². The Labute approximate surface area is 249 Å². The van der Waals surface area contributed by atoms with Crippen LogP contribution >= 0.6 is 0 Å². The lowest BCUT2D eigenvalue weighted by Gasteiger charge is -2.43. The van der Waals surface area contributed by atoms with Crippen LogP contribution in [0.4, 0.5) is 0 Å². The predicted octanol–water partition coefficient (Wildman–Crippen LogP) is 4.38. The van der Waals surface area contributed by atoms with Crippen molar-refractivity contribution in [2.24, 2.45) is 0 Å². The Bertz CT molecular complexity index is 1270. The Balaban J connectivity index is 1.69. The molecule has 1 unspecified atom stereocenters. The van der Waals surface area contributed by atoms with Crippen LogP contribution in [0.15, 0.2) is 84.9 Å². The van der Waals surface area contributed by atoms with E-state index in [2.05, 4.69) is 45.0 Å². The maximum Gasteiger partial charge on any atom is 0.305 e. The number of hydrogen-bond acceptors (Lipinski definition) is 8. The summed E-state index contributed by atoms with van der Waals surface area (Å²) < 4.78 is 36.1. The molecule has 9 heteroatoms. The van der Waals surface area contributed by atoms with Crippen LogP contribution in [0, 0.1) is 0 Å². The zero-order valence-corrected chi connectivity index (χ0v) is 26.1. The average molecular weight is 593 g/mol. The first-order chi connectivity index (χ1) is 20.0. The molecule has 1 heterocycles. The molecule has 0 amide bonds. The fraction of sp³-hybridized carbons (Fsp3) is 0.394. The standard InChI is InChI=1S/C33H40O8Si/c1-23(34)39-31-30(37-21-25-17-19-26(36-6)20-18-25)29(41-32(31)40-24(2)35)22-38-42(33(3,4)5,27-13-9-7-10-14-27)28-15-11-8-12-16-28/h7-20,29-32H,21-22H2,1-6H3/t29-,30-,31+,32?/m1/s1. The van der Waals surface area contributed by atoms with E-state index < -0.39 is 44.9 Å². The number of benzene rings is 3. The first-order valence-electron chi connectivity index (χ1n) is 14.0. The SMILES string of the molecule is COc1ccc(CO[C@H]2[C@H](OC(C)=O)C(OC(C)=O)O[C@@H]2CO[Si](c2ccccc2)(c2ccccc2)C(C)(C)C)cc1. The molecule has 0 bridgehead atoms. The van der Waals surface area contributed by atoms with Gasteiger partial charge in [0.25, 0.3) is 8.32 Å². The van der Waals surface area contributed by atoms with Crippen LogP contribution in [-0.2, 0) is 39.6 Å². The van der Waals surface area contributed by atoms with Gasteiger partial charge in [0.15, 0.2) is 6.10 Å². The van der Waals surface area contributed by atoms with Crippen molar-refractivity contribution in [2.45, 2.75) is 70.9 Å². The molecule has 42 heavy (non-hydrogen) atoms. The molecule has 0 spiro atoms. The van der Waals surface area contributed by atoms with Gasteiger partial charge in [-0.2, -0.15) is 0 Å². The van der Waals surface area contributed by atoms with Crippen molar-refractivity contribution in [1.29, 1.82) is 0 Å². The van der Waals surface area contributed by atoms with E-state index in [9.17, 15) is 9.59 Å². The van der Waals surface area contributed by atoms with Crippen molar-refractivity contribution >= 4 is 30.6 Å². The predicted molar refractivity (Wildman–Crippen MR) is 161 cm³/mol. The van der Waals surface area contributed by atoms with Crippen LogP contribution in [-0.4, -0.2) is 58.6 Å². The first-order valence-corrected chi connectivity index (χ1v) is 16.0. The molecule has 1 fully saturated rings. The van der Waals surface area contributed by atoms with E-state index in [1.165, 1.54) is 13.8 Å². The second-order valence-corrected chi connectivity index (χ2v) is 15.6. The number of methoxy groups -OCH3 is 1. The van der Waals surface area contributed by atoms with E-state index >= 15 is 0 Å². The second kappa shape index (κ2) is 13.6. The average Bonchev–Trinajstić information content (AvgIpc) is 3.27. The van der Waals surface area contributed by atoms with Gasteiger partial charge in [-0.25, -0.2) is 0 Å². The molecular weight excluding hydrogens is 552 g/mol. The minimum Gasteiger partial charge on any atom is -0.497 e. The normalized spacial score (nSPS) is 20.6. The number of esters is 2. The van der Waals surface area contributed by atoms with Crippen molar-refractivity contribution in [1.82, 2.24) is 0 Å². The number of rotatable bonds is 11. The molecule has 4 rings (SSSR count). The number of hydrogen-bond donors (Lipinski definition) is 0. The van der Waals surface area contributed by atoms with Gasteiger partial charge in [-0.3, -0.25) is 9.59 Å². The van der Waals surface area contributed by atoms with Gasteiger partial charge in [0.05, 0.1) is 20.3 Å². The zero-order valence-electron chi connectivity index (χ0n) is 25.1. The molecule has 8 nitrogen and oxygen atoms in total. The van der Waals surface area contributed by atoms with Crippen LogP contribution in [0.25, 0.3) is 0 Å². The highest BCUT2D eigenvalue weighted by molar-refractivity contribution is 6.99. The van der Waals surface area contributed by atoms with Gasteiger partial charge in [0.1, 0.15) is 18.0 Å². The third kappa shape index (κ3) is 7.10. The monoisotopic (exact) mass is 592 g/mol. The van der Waals surface area contributed by atoms with Crippen LogP contribution in [0.2, 0.25) is 5.04 Å². The van der Waals surface area contributed by atoms with Gasteiger partial charge in [0, 0.05) is 13.8 Å². The van der Waals surface area contributed by atoms with Crippen LogP contribution in [0.3, 0.4) is 0 Å². The molecule has 0 radical (unpaired) electrons. The quantitative estimate of drug-likeness (QED) is 0.240. The Morgan fingerprint density at radius 1 is 0.786 bits per heavy atom. The zero-order chi connectivity index (χ0) is 30.3. The highest BCUT2D eigenvalue weighted by Gasteiger charge is 2.54. The summed E-state index contributed by atoms with van der Waals surface area (Å²) in [6.07, 6.45) is -3.57. The van der Waals surface area contributed by atoms with Crippen LogP contribution in [0.1, 0.15) is 40.2 Å². The molecule has 3 aromatic carbocycles. The summed E-state index contributed by atoms with van der Waals surface area (Å²) in [6.45, 7) is 9.49. The minimum atomic E-state index is -2.92. The summed E-state index contributed by atoms with van der Waals surface area (Å²) >= 11 is 0. The lowest BCUT2D eigenvalue weighted by atomic mass is 10.1. The third-order valence-corrected chi connectivity index (χ3v) is 12.3. The van der Waals surface area contributed by atoms with E-state index in [0.29, 0.717) is 0 Å². The summed E-state index contributed by atoms with van der Waals surface area (Å²) in [4.78, 5) is 24.1. The summed E-state index contributed by atoms with van der Waals surface area (Å²) in [5.41, 5.74) is 0.889. The Morgan fingerprint density at radius 3 is 1.81 bits per heavy atom. The maximum atomic E-state index is 12.1. The van der Waals surface area contributed by atoms with Gasteiger partial charge in [0.2, 0.25) is 6.29 Å². The number of carbonyl (C=O) groups is 2. The van der Waals surface area contributed by atoms with E-state index in [1.807, 2.05) is 60.7 Å².